The fourth-order valence-corrected chi connectivity index (χ4v) is 5.81. The van der Waals surface area contributed by atoms with E-state index in [0.717, 1.165) is 32.4 Å². The number of methoxy groups -OCH3 is 1. The van der Waals surface area contributed by atoms with Crippen LogP contribution in [-0.2, 0) is 32.6 Å². The number of amides is 1. The van der Waals surface area contributed by atoms with E-state index in [-0.39, 0.29) is 23.8 Å². The molecule has 10 heteroatoms. The van der Waals surface area contributed by atoms with Crippen LogP contribution in [0, 0.1) is 18.6 Å². The molecule has 0 aliphatic rings. The van der Waals surface area contributed by atoms with Crippen molar-refractivity contribution in [2.24, 2.45) is 0 Å². The molecule has 0 N–H and O–H groups in total. The summed E-state index contributed by atoms with van der Waals surface area (Å²) in [6, 6.07) is 12.3. The lowest BCUT2D eigenvalue weighted by molar-refractivity contribution is -0.132. The van der Waals surface area contributed by atoms with Gasteiger partial charge in [-0.05, 0) is 72.3 Å². The van der Waals surface area contributed by atoms with Crippen LogP contribution < -0.4 is 0 Å². The predicted octanol–water partition coefficient (Wildman–Crippen LogP) is 4.59. The van der Waals surface area contributed by atoms with E-state index < -0.39 is 28.3 Å². The first-order valence-electron chi connectivity index (χ1n) is 11.0. The minimum atomic E-state index is -4.06. The zero-order valence-electron chi connectivity index (χ0n) is 19.6. The number of halogens is 2. The quantitative estimate of drug-likeness (QED) is 0.327. The third-order valence-corrected chi connectivity index (χ3v) is 8.33. The Hall–Kier alpha value is -2.66. The number of thiophene rings is 1. The van der Waals surface area contributed by atoms with Gasteiger partial charge >= 0.3 is 0 Å². The highest BCUT2D eigenvalue weighted by atomic mass is 32.2. The van der Waals surface area contributed by atoms with Gasteiger partial charge in [0.1, 0.15) is 11.6 Å². The smallest absolute Gasteiger partial charge is 0.243 e. The maximum atomic E-state index is 13.5. The fraction of sp³-hybridized carbons (Fsp3) is 0.320. The molecule has 3 rings (SSSR count). The summed E-state index contributed by atoms with van der Waals surface area (Å²) >= 11 is 1.51. The summed E-state index contributed by atoms with van der Waals surface area (Å²) < 4.78 is 59.6. The number of ether oxygens (including phenoxy) is 1. The first-order chi connectivity index (χ1) is 16.7. The Bertz CT molecular complexity index is 1210. The molecule has 0 aliphatic heterocycles. The van der Waals surface area contributed by atoms with E-state index in [9.17, 15) is 22.0 Å². The summed E-state index contributed by atoms with van der Waals surface area (Å²) in [6.45, 7) is 2.41. The lowest BCUT2D eigenvalue weighted by Gasteiger charge is -2.27. The second kappa shape index (κ2) is 12.3. The molecule has 0 atom stereocenters. The molecule has 2 aromatic carbocycles. The van der Waals surface area contributed by atoms with E-state index in [1.165, 1.54) is 42.7 Å². The van der Waals surface area contributed by atoms with Gasteiger partial charge in [-0.1, -0.05) is 12.1 Å². The molecule has 1 aromatic heterocycles. The number of nitrogens with zero attached hydrogens (tertiary/aromatic N) is 2. The van der Waals surface area contributed by atoms with E-state index >= 15 is 0 Å². The van der Waals surface area contributed by atoms with E-state index in [4.69, 9.17) is 4.74 Å². The highest BCUT2D eigenvalue weighted by molar-refractivity contribution is 7.89. The maximum Gasteiger partial charge on any atom is 0.243 e. The summed E-state index contributed by atoms with van der Waals surface area (Å²) in [5.74, 6) is -1.33. The van der Waals surface area contributed by atoms with Crippen molar-refractivity contribution in [3.05, 3.63) is 87.6 Å². The number of sulfonamides is 1. The van der Waals surface area contributed by atoms with E-state index in [1.54, 1.807) is 17.0 Å². The Morgan fingerprint density at radius 3 is 2.17 bits per heavy atom. The molecule has 1 amide bonds. The average molecular weight is 523 g/mol. The summed E-state index contributed by atoms with van der Waals surface area (Å²) in [5.41, 5.74) is 1.75. The van der Waals surface area contributed by atoms with Crippen molar-refractivity contribution in [2.75, 3.05) is 26.8 Å². The molecule has 0 bridgehead atoms. The highest BCUT2D eigenvalue weighted by Gasteiger charge is 2.29. The van der Waals surface area contributed by atoms with Crippen LogP contribution in [0.4, 0.5) is 8.78 Å². The lowest BCUT2D eigenvalue weighted by Crippen LogP contribution is -2.43. The fourth-order valence-electron chi connectivity index (χ4n) is 3.46. The average Bonchev–Trinajstić information content (AvgIpc) is 3.24. The minimum absolute atomic E-state index is 0.0572. The van der Waals surface area contributed by atoms with E-state index in [1.807, 2.05) is 18.4 Å². The van der Waals surface area contributed by atoms with Crippen LogP contribution in [0.15, 0.2) is 64.9 Å². The minimum Gasteiger partial charge on any atom is -0.385 e. The van der Waals surface area contributed by atoms with Gasteiger partial charge < -0.3 is 9.64 Å². The number of carbonyl (C=O) groups excluding carboxylic acids is 1. The molecule has 0 radical (unpaired) electrons. The van der Waals surface area contributed by atoms with Crippen LogP contribution in [0.5, 0.6) is 0 Å². The monoisotopic (exact) mass is 522 g/mol. The molecule has 0 unspecified atom stereocenters. The molecule has 6 nitrogen and oxygen atoms in total. The van der Waals surface area contributed by atoms with Crippen LogP contribution in [-0.4, -0.2) is 50.3 Å². The van der Waals surface area contributed by atoms with E-state index in [2.05, 4.69) is 0 Å². The molecule has 0 saturated carbocycles. The van der Waals surface area contributed by atoms with E-state index in [0.29, 0.717) is 19.6 Å². The van der Waals surface area contributed by atoms with Crippen LogP contribution in [0.1, 0.15) is 22.4 Å². The normalized spacial score (nSPS) is 11.7. The number of benzene rings is 2. The standard InChI is InChI=1S/C25H28F2N2O4S2/c1-19-12-15-34-24(19)17-28(16-20-4-6-21(26)7-5-20)25(30)18-29(13-3-14-33-2)35(31,32)23-10-8-22(27)9-11-23/h4-12,15H,3,13-14,16-18H2,1-2H3. The molecule has 35 heavy (non-hydrogen) atoms. The number of aryl methyl sites for hydroxylation is 1. The van der Waals surface area contributed by atoms with Crippen molar-refractivity contribution in [3.8, 4) is 0 Å². The van der Waals surface area contributed by atoms with Gasteiger partial charge in [-0.3, -0.25) is 4.79 Å². The second-order valence-electron chi connectivity index (χ2n) is 8.04. The summed E-state index contributed by atoms with van der Waals surface area (Å²) in [6.07, 6.45) is 0.381. The van der Waals surface area contributed by atoms with Gasteiger partial charge in [-0.25, -0.2) is 17.2 Å². The first-order valence-corrected chi connectivity index (χ1v) is 13.3. The number of hydrogen-bond donors (Lipinski definition) is 0. The molecule has 0 saturated heterocycles. The van der Waals surface area contributed by atoms with Crippen molar-refractivity contribution in [1.82, 2.24) is 9.21 Å². The molecule has 188 valence electrons. The second-order valence-corrected chi connectivity index (χ2v) is 11.0. The SMILES string of the molecule is COCCCN(CC(=O)N(Cc1ccc(F)cc1)Cc1sccc1C)S(=O)(=O)c1ccc(F)cc1. The summed E-state index contributed by atoms with van der Waals surface area (Å²) in [7, 11) is -2.55. The van der Waals surface area contributed by atoms with Crippen LogP contribution in [0.2, 0.25) is 0 Å². The largest absolute Gasteiger partial charge is 0.385 e. The zero-order chi connectivity index (χ0) is 25.4. The molecule has 0 fully saturated rings. The topological polar surface area (TPSA) is 66.9 Å². The highest BCUT2D eigenvalue weighted by Crippen LogP contribution is 2.21. The Morgan fingerprint density at radius 1 is 0.971 bits per heavy atom. The first kappa shape index (κ1) is 26.9. The third-order valence-electron chi connectivity index (χ3n) is 5.46. The van der Waals surface area contributed by atoms with Gasteiger partial charge in [0.05, 0.1) is 18.0 Å². The maximum absolute atomic E-state index is 13.5. The predicted molar refractivity (Wildman–Crippen MR) is 131 cm³/mol. The Labute approximate surface area is 208 Å². The Kier molecular flexibility index (Phi) is 9.50. The van der Waals surface area contributed by atoms with Gasteiger partial charge in [0.15, 0.2) is 0 Å². The Morgan fingerprint density at radius 2 is 1.60 bits per heavy atom. The van der Waals surface area contributed by atoms with Crippen molar-refractivity contribution in [1.29, 1.82) is 0 Å². The number of hydrogen-bond acceptors (Lipinski definition) is 5. The summed E-state index contributed by atoms with van der Waals surface area (Å²) in [5, 5.41) is 1.93. The van der Waals surface area contributed by atoms with Crippen molar-refractivity contribution < 1.29 is 26.7 Å². The Balaban J connectivity index is 1.87. The molecule has 3 aromatic rings. The summed E-state index contributed by atoms with van der Waals surface area (Å²) in [4.78, 5) is 15.9. The number of rotatable bonds is 12. The van der Waals surface area contributed by atoms with Crippen molar-refractivity contribution >= 4 is 27.3 Å². The molecular weight excluding hydrogens is 494 g/mol. The lowest BCUT2D eigenvalue weighted by atomic mass is 10.2. The van der Waals surface area contributed by atoms with Gasteiger partial charge in [0.2, 0.25) is 15.9 Å². The molecular formula is C25H28F2N2O4S2. The van der Waals surface area contributed by atoms with Gasteiger partial charge in [-0.2, -0.15) is 4.31 Å². The molecule has 0 spiro atoms. The van der Waals surface area contributed by atoms with Gasteiger partial charge in [0, 0.05) is 31.7 Å². The van der Waals surface area contributed by atoms with Crippen LogP contribution in [0.25, 0.3) is 0 Å². The third kappa shape index (κ3) is 7.41. The van der Waals surface area contributed by atoms with Crippen molar-refractivity contribution in [3.63, 3.8) is 0 Å². The molecule has 1 heterocycles. The van der Waals surface area contributed by atoms with Crippen molar-refractivity contribution in [2.45, 2.75) is 31.3 Å². The van der Waals surface area contributed by atoms with Crippen LogP contribution >= 0.6 is 11.3 Å². The van der Waals surface area contributed by atoms with Crippen LogP contribution in [0.3, 0.4) is 0 Å². The molecule has 0 aliphatic carbocycles. The zero-order valence-corrected chi connectivity index (χ0v) is 21.2. The number of carbonyl (C=O) groups is 1. The van der Waals surface area contributed by atoms with Gasteiger partial charge in [0.25, 0.3) is 0 Å². The van der Waals surface area contributed by atoms with Gasteiger partial charge in [-0.15, -0.1) is 11.3 Å².